The van der Waals surface area contributed by atoms with Crippen LogP contribution in [0.4, 0.5) is 4.39 Å². The molecule has 1 atom stereocenters. The highest BCUT2D eigenvalue weighted by molar-refractivity contribution is 5.25. The molecule has 0 radical (unpaired) electrons. The van der Waals surface area contributed by atoms with E-state index in [2.05, 4.69) is 43.0 Å². The average Bonchev–Trinajstić information content (AvgIpc) is 2.44. The number of likely N-dealkylation sites (tertiary alicyclic amines) is 1. The van der Waals surface area contributed by atoms with E-state index in [1.807, 2.05) is 0 Å². The molecular weight excluding hydrogens is 237 g/mol. The molecule has 1 aliphatic heterocycles. The molecule has 1 fully saturated rings. The van der Waals surface area contributed by atoms with Gasteiger partial charge < -0.3 is 4.90 Å². The van der Waals surface area contributed by atoms with Crippen LogP contribution in [0.2, 0.25) is 0 Å². The Bertz CT molecular complexity index is 365. The van der Waals surface area contributed by atoms with E-state index in [1.165, 1.54) is 30.4 Å². The lowest BCUT2D eigenvalue weighted by Crippen LogP contribution is -2.36. The van der Waals surface area contributed by atoms with Gasteiger partial charge in [0.25, 0.3) is 0 Å². The van der Waals surface area contributed by atoms with Crippen LogP contribution in [0.3, 0.4) is 0 Å². The van der Waals surface area contributed by atoms with Gasteiger partial charge in [-0.05, 0) is 56.7 Å². The fraction of sp³-hybridized carbons (Fsp3) is 0.647. The molecule has 0 aliphatic carbocycles. The summed E-state index contributed by atoms with van der Waals surface area (Å²) < 4.78 is 12.4. The van der Waals surface area contributed by atoms with Crippen LogP contribution >= 0.6 is 0 Å². The summed E-state index contributed by atoms with van der Waals surface area (Å²) in [6.45, 7) is 6.97. The van der Waals surface area contributed by atoms with Crippen molar-refractivity contribution in [2.24, 2.45) is 5.92 Å². The number of hydrogen-bond acceptors (Lipinski definition) is 1. The number of aryl methyl sites for hydroxylation is 1. The van der Waals surface area contributed by atoms with E-state index in [-0.39, 0.29) is 6.67 Å². The number of benzene rings is 1. The third-order valence-corrected chi connectivity index (χ3v) is 4.55. The first-order chi connectivity index (χ1) is 9.24. The van der Waals surface area contributed by atoms with Crippen molar-refractivity contribution in [3.63, 3.8) is 0 Å². The SMILES string of the molecule is CCC(c1ccc(C)cc1)C1CCN(CCF)CC1. The summed E-state index contributed by atoms with van der Waals surface area (Å²) in [5.74, 6) is 1.44. The van der Waals surface area contributed by atoms with Gasteiger partial charge in [0.15, 0.2) is 0 Å². The maximum atomic E-state index is 12.4. The summed E-state index contributed by atoms with van der Waals surface area (Å²) in [5.41, 5.74) is 2.81. The molecule has 0 N–H and O–H groups in total. The minimum atomic E-state index is -0.208. The van der Waals surface area contributed by atoms with Crippen LogP contribution in [0.15, 0.2) is 24.3 Å². The second-order valence-corrected chi connectivity index (χ2v) is 5.79. The number of hydrogen-bond donors (Lipinski definition) is 0. The van der Waals surface area contributed by atoms with Gasteiger partial charge in [0.1, 0.15) is 6.67 Å². The van der Waals surface area contributed by atoms with Crippen molar-refractivity contribution in [3.8, 4) is 0 Å². The zero-order valence-electron chi connectivity index (χ0n) is 12.2. The van der Waals surface area contributed by atoms with Gasteiger partial charge in [-0.15, -0.1) is 0 Å². The van der Waals surface area contributed by atoms with E-state index in [9.17, 15) is 4.39 Å². The van der Waals surface area contributed by atoms with E-state index in [0.29, 0.717) is 12.5 Å². The molecule has 1 aromatic rings. The molecule has 1 unspecified atom stereocenters. The third-order valence-electron chi connectivity index (χ3n) is 4.55. The van der Waals surface area contributed by atoms with Crippen LogP contribution in [-0.4, -0.2) is 31.2 Å². The highest BCUT2D eigenvalue weighted by Gasteiger charge is 2.26. The predicted molar refractivity (Wildman–Crippen MR) is 79.4 cm³/mol. The number of alkyl halides is 1. The minimum Gasteiger partial charge on any atom is -0.301 e. The molecule has 1 heterocycles. The molecule has 1 nitrogen and oxygen atoms in total. The first-order valence-corrected chi connectivity index (χ1v) is 7.59. The first kappa shape index (κ1) is 14.5. The Balaban J connectivity index is 1.97. The largest absolute Gasteiger partial charge is 0.301 e. The van der Waals surface area contributed by atoms with Crippen molar-refractivity contribution in [2.45, 2.75) is 39.0 Å². The summed E-state index contributed by atoms with van der Waals surface area (Å²) in [6.07, 6.45) is 3.63. The summed E-state index contributed by atoms with van der Waals surface area (Å²) in [6, 6.07) is 9.02. The van der Waals surface area contributed by atoms with E-state index < -0.39 is 0 Å². The Hall–Kier alpha value is -0.890. The molecule has 0 amide bonds. The molecule has 0 aromatic heterocycles. The Labute approximate surface area is 116 Å². The Kier molecular flexibility index (Phi) is 5.38. The van der Waals surface area contributed by atoms with E-state index >= 15 is 0 Å². The van der Waals surface area contributed by atoms with Gasteiger partial charge in [-0.25, -0.2) is 4.39 Å². The van der Waals surface area contributed by atoms with Crippen LogP contribution in [-0.2, 0) is 0 Å². The molecule has 2 rings (SSSR count). The van der Waals surface area contributed by atoms with E-state index in [0.717, 1.165) is 19.0 Å². The number of halogens is 1. The average molecular weight is 263 g/mol. The lowest BCUT2D eigenvalue weighted by atomic mass is 9.78. The molecule has 1 aromatic carbocycles. The Morgan fingerprint density at radius 1 is 1.21 bits per heavy atom. The molecule has 1 saturated heterocycles. The van der Waals surface area contributed by atoms with Crippen LogP contribution in [0.25, 0.3) is 0 Å². The maximum absolute atomic E-state index is 12.4. The summed E-state index contributed by atoms with van der Waals surface area (Å²) in [4.78, 5) is 2.26. The Morgan fingerprint density at radius 2 is 1.84 bits per heavy atom. The highest BCUT2D eigenvalue weighted by atomic mass is 19.1. The van der Waals surface area contributed by atoms with Crippen molar-refractivity contribution in [2.75, 3.05) is 26.3 Å². The van der Waals surface area contributed by atoms with Gasteiger partial charge in [-0.1, -0.05) is 36.8 Å². The fourth-order valence-electron chi connectivity index (χ4n) is 3.35. The standard InChI is InChI=1S/C17H26FN/c1-3-17(15-6-4-14(2)5-7-15)16-8-11-19(12-9-16)13-10-18/h4-7,16-17H,3,8-13H2,1-2H3. The lowest BCUT2D eigenvalue weighted by molar-refractivity contribution is 0.157. The smallest absolute Gasteiger partial charge is 0.102 e. The predicted octanol–water partition coefficient (Wildman–Crippen LogP) is 4.17. The van der Waals surface area contributed by atoms with E-state index in [1.54, 1.807) is 0 Å². The zero-order valence-corrected chi connectivity index (χ0v) is 12.2. The number of rotatable bonds is 5. The normalized spacial score (nSPS) is 19.5. The van der Waals surface area contributed by atoms with Crippen LogP contribution in [0.5, 0.6) is 0 Å². The number of piperidine rings is 1. The summed E-state index contributed by atoms with van der Waals surface area (Å²) in [5, 5.41) is 0. The monoisotopic (exact) mass is 263 g/mol. The molecular formula is C17H26FN. The lowest BCUT2D eigenvalue weighted by Gasteiger charge is -2.35. The van der Waals surface area contributed by atoms with Gasteiger partial charge in [-0.2, -0.15) is 0 Å². The van der Waals surface area contributed by atoms with Gasteiger partial charge >= 0.3 is 0 Å². The van der Waals surface area contributed by atoms with Gasteiger partial charge in [0.05, 0.1) is 0 Å². The molecule has 19 heavy (non-hydrogen) atoms. The van der Waals surface area contributed by atoms with Crippen molar-refractivity contribution < 1.29 is 4.39 Å². The highest BCUT2D eigenvalue weighted by Crippen LogP contribution is 2.35. The second-order valence-electron chi connectivity index (χ2n) is 5.79. The Morgan fingerprint density at radius 3 is 2.37 bits per heavy atom. The van der Waals surface area contributed by atoms with Gasteiger partial charge in [0.2, 0.25) is 0 Å². The topological polar surface area (TPSA) is 3.24 Å². The quantitative estimate of drug-likeness (QED) is 0.770. The summed E-state index contributed by atoms with van der Waals surface area (Å²) >= 11 is 0. The van der Waals surface area contributed by atoms with Gasteiger partial charge in [0, 0.05) is 6.54 Å². The van der Waals surface area contributed by atoms with Gasteiger partial charge in [-0.3, -0.25) is 0 Å². The summed E-state index contributed by atoms with van der Waals surface area (Å²) in [7, 11) is 0. The van der Waals surface area contributed by atoms with Crippen molar-refractivity contribution in [1.82, 2.24) is 4.90 Å². The second kappa shape index (κ2) is 7.04. The molecule has 0 spiro atoms. The van der Waals surface area contributed by atoms with E-state index in [4.69, 9.17) is 0 Å². The first-order valence-electron chi connectivity index (χ1n) is 7.59. The number of nitrogens with zero attached hydrogens (tertiary/aromatic N) is 1. The third kappa shape index (κ3) is 3.79. The van der Waals surface area contributed by atoms with Crippen LogP contribution in [0.1, 0.15) is 43.2 Å². The maximum Gasteiger partial charge on any atom is 0.102 e. The zero-order chi connectivity index (χ0) is 13.7. The molecule has 0 saturated carbocycles. The van der Waals surface area contributed by atoms with Crippen molar-refractivity contribution >= 4 is 0 Å². The van der Waals surface area contributed by atoms with Crippen molar-refractivity contribution in [1.29, 1.82) is 0 Å². The van der Waals surface area contributed by atoms with Crippen LogP contribution in [0, 0.1) is 12.8 Å². The molecule has 1 aliphatic rings. The van der Waals surface area contributed by atoms with Crippen LogP contribution < -0.4 is 0 Å². The molecule has 106 valence electrons. The minimum absolute atomic E-state index is 0.208. The fourth-order valence-corrected chi connectivity index (χ4v) is 3.35. The van der Waals surface area contributed by atoms with Crippen molar-refractivity contribution in [3.05, 3.63) is 35.4 Å². The molecule has 2 heteroatoms. The molecule has 0 bridgehead atoms.